The van der Waals surface area contributed by atoms with Gasteiger partial charge in [0.15, 0.2) is 0 Å². The third kappa shape index (κ3) is 4.55. The van der Waals surface area contributed by atoms with E-state index in [0.717, 1.165) is 11.1 Å². The topological polar surface area (TPSA) is 94.3 Å². The quantitative estimate of drug-likeness (QED) is 0.478. The number of hydrogen-bond donors (Lipinski definition) is 2. The molecule has 3 aromatic carbocycles. The van der Waals surface area contributed by atoms with Gasteiger partial charge in [-0.2, -0.15) is 5.26 Å². The Balaban J connectivity index is 1.63. The first kappa shape index (κ1) is 21.7. The van der Waals surface area contributed by atoms with Crippen molar-refractivity contribution in [2.45, 2.75) is 13.5 Å². The van der Waals surface area contributed by atoms with Gasteiger partial charge in [-0.25, -0.2) is 9.38 Å². The minimum atomic E-state index is -0.676. The van der Waals surface area contributed by atoms with Gasteiger partial charge in [-0.05, 0) is 24.6 Å². The highest BCUT2D eigenvalue weighted by Crippen LogP contribution is 2.30. The van der Waals surface area contributed by atoms with E-state index in [4.69, 9.17) is 0 Å². The molecule has 0 aromatic heterocycles. The number of hydrogen-bond acceptors (Lipinski definition) is 4. The van der Waals surface area contributed by atoms with Gasteiger partial charge in [-0.15, -0.1) is 0 Å². The summed E-state index contributed by atoms with van der Waals surface area (Å²) < 4.78 is 14.0. The number of carbonyl (C=O) groups excluding carboxylic acids is 2. The number of fused-ring (bicyclic) bond motifs is 1. The highest BCUT2D eigenvalue weighted by Gasteiger charge is 2.27. The molecule has 0 atom stereocenters. The molecule has 3 aromatic rings. The summed E-state index contributed by atoms with van der Waals surface area (Å²) in [5.74, 6) is -1.77. The van der Waals surface area contributed by atoms with Gasteiger partial charge >= 0.3 is 0 Å². The third-order valence-electron chi connectivity index (χ3n) is 5.16. The van der Waals surface area contributed by atoms with E-state index in [1.807, 2.05) is 37.3 Å². The number of amidine groups is 1. The Kier molecular flexibility index (Phi) is 6.09. The van der Waals surface area contributed by atoms with E-state index < -0.39 is 17.6 Å². The zero-order valence-electron chi connectivity index (χ0n) is 17.7. The van der Waals surface area contributed by atoms with E-state index in [1.165, 1.54) is 18.2 Å². The molecule has 0 radical (unpaired) electrons. The summed E-state index contributed by atoms with van der Waals surface area (Å²) in [6, 6.07) is 22.1. The van der Waals surface area contributed by atoms with Gasteiger partial charge in [0.1, 0.15) is 23.3 Å². The van der Waals surface area contributed by atoms with E-state index in [-0.39, 0.29) is 29.2 Å². The normalized spacial score (nSPS) is 13.4. The molecule has 1 heterocycles. The number of nitrogens with zero attached hydrogens (tertiary/aromatic N) is 2. The van der Waals surface area contributed by atoms with Gasteiger partial charge < -0.3 is 10.6 Å². The third-order valence-corrected chi connectivity index (χ3v) is 5.16. The number of rotatable bonds is 4. The summed E-state index contributed by atoms with van der Waals surface area (Å²) in [6.07, 6.45) is 0. The molecular weight excluding hydrogens is 419 g/mol. The number of benzene rings is 3. The van der Waals surface area contributed by atoms with E-state index >= 15 is 0 Å². The maximum atomic E-state index is 14.0. The van der Waals surface area contributed by atoms with Crippen LogP contribution in [-0.2, 0) is 11.3 Å². The van der Waals surface area contributed by atoms with Crippen LogP contribution in [0.15, 0.2) is 83.4 Å². The Morgan fingerprint density at radius 2 is 1.64 bits per heavy atom. The molecule has 4 rings (SSSR count). The molecule has 0 aliphatic carbocycles. The number of nitrogens with one attached hydrogen (secondary N) is 2. The fraction of sp³-hybridized carbons (Fsp3) is 0.0769. The predicted molar refractivity (Wildman–Crippen MR) is 122 cm³/mol. The average Bonchev–Trinajstić information content (AvgIpc) is 3.17. The van der Waals surface area contributed by atoms with E-state index in [0.29, 0.717) is 11.1 Å². The van der Waals surface area contributed by atoms with Crippen LogP contribution >= 0.6 is 0 Å². The number of nitriles is 1. The summed E-state index contributed by atoms with van der Waals surface area (Å²) in [5.41, 5.74) is 2.91. The minimum absolute atomic E-state index is 0.133. The molecule has 1 aliphatic rings. The van der Waals surface area contributed by atoms with Crippen molar-refractivity contribution in [2.24, 2.45) is 4.99 Å². The summed E-state index contributed by atoms with van der Waals surface area (Å²) >= 11 is 0. The molecule has 0 saturated heterocycles. The van der Waals surface area contributed by atoms with Crippen LogP contribution in [0.5, 0.6) is 0 Å². The number of aliphatic imine (C=N–C) groups is 1. The van der Waals surface area contributed by atoms with Gasteiger partial charge in [0.05, 0.1) is 11.3 Å². The molecule has 7 heteroatoms. The molecule has 0 unspecified atom stereocenters. The second-order valence-corrected chi connectivity index (χ2v) is 7.44. The SMILES string of the molecule is Cc1ccc(CNC(=O)/C(C#N)=C2\N=C(NC(=O)c3ccccc3F)c3ccccc32)cc1. The van der Waals surface area contributed by atoms with Crippen molar-refractivity contribution in [1.82, 2.24) is 10.6 Å². The fourth-order valence-corrected chi connectivity index (χ4v) is 3.42. The smallest absolute Gasteiger partial charge is 0.264 e. The Hall–Kier alpha value is -4.57. The molecule has 0 bridgehead atoms. The number of amides is 2. The first-order valence-corrected chi connectivity index (χ1v) is 10.2. The first-order chi connectivity index (χ1) is 16.0. The molecule has 6 nitrogen and oxygen atoms in total. The Morgan fingerprint density at radius 1 is 0.970 bits per heavy atom. The lowest BCUT2D eigenvalue weighted by Crippen LogP contribution is -2.31. The lowest BCUT2D eigenvalue weighted by atomic mass is 10.0. The molecule has 33 heavy (non-hydrogen) atoms. The van der Waals surface area contributed by atoms with Crippen LogP contribution in [0.4, 0.5) is 4.39 Å². The molecular formula is C26H19FN4O2. The standard InChI is InChI=1S/C26H19FN4O2/c1-16-10-12-17(13-11-16)15-29-25(32)21(14-28)23-18-6-2-3-7-19(18)24(30-23)31-26(33)20-8-4-5-9-22(20)27/h2-13H,15H2,1H3,(H,29,32)(H,30,31,33)/b23-21-. The second kappa shape index (κ2) is 9.28. The van der Waals surface area contributed by atoms with Gasteiger partial charge in [0.25, 0.3) is 11.8 Å². The van der Waals surface area contributed by atoms with Gasteiger partial charge in [-0.1, -0.05) is 66.2 Å². The molecule has 0 spiro atoms. The summed E-state index contributed by atoms with van der Waals surface area (Å²) in [5, 5.41) is 15.1. The highest BCUT2D eigenvalue weighted by molar-refractivity contribution is 6.20. The van der Waals surface area contributed by atoms with Gasteiger partial charge in [0, 0.05) is 17.7 Å². The van der Waals surface area contributed by atoms with E-state index in [9.17, 15) is 19.2 Å². The number of halogens is 1. The molecule has 1 aliphatic heterocycles. The maximum Gasteiger partial charge on any atom is 0.264 e. The van der Waals surface area contributed by atoms with Crippen LogP contribution in [0.1, 0.15) is 32.6 Å². The zero-order valence-corrected chi connectivity index (χ0v) is 17.7. The van der Waals surface area contributed by atoms with Crippen LogP contribution in [0.2, 0.25) is 0 Å². The fourth-order valence-electron chi connectivity index (χ4n) is 3.42. The van der Waals surface area contributed by atoms with Crippen LogP contribution in [0, 0.1) is 24.1 Å². The van der Waals surface area contributed by atoms with Crippen molar-refractivity contribution in [1.29, 1.82) is 5.26 Å². The summed E-state index contributed by atoms with van der Waals surface area (Å²) in [4.78, 5) is 29.8. The Bertz CT molecular complexity index is 1350. The largest absolute Gasteiger partial charge is 0.347 e. The van der Waals surface area contributed by atoms with Crippen molar-refractivity contribution in [3.05, 3.63) is 112 Å². The maximum absolute atomic E-state index is 14.0. The van der Waals surface area contributed by atoms with Crippen LogP contribution in [0.3, 0.4) is 0 Å². The van der Waals surface area contributed by atoms with Crippen LogP contribution in [-0.4, -0.2) is 17.6 Å². The van der Waals surface area contributed by atoms with Crippen LogP contribution in [0.25, 0.3) is 5.70 Å². The first-order valence-electron chi connectivity index (χ1n) is 10.2. The van der Waals surface area contributed by atoms with Crippen molar-refractivity contribution in [2.75, 3.05) is 0 Å². The van der Waals surface area contributed by atoms with Crippen molar-refractivity contribution in [3.8, 4) is 6.07 Å². The lowest BCUT2D eigenvalue weighted by Gasteiger charge is -2.07. The molecule has 2 N–H and O–H groups in total. The summed E-state index contributed by atoms with van der Waals surface area (Å²) in [7, 11) is 0. The van der Waals surface area contributed by atoms with Crippen LogP contribution < -0.4 is 10.6 Å². The Labute approximate surface area is 190 Å². The molecule has 0 fully saturated rings. The second-order valence-electron chi connectivity index (χ2n) is 7.44. The summed E-state index contributed by atoms with van der Waals surface area (Å²) in [6.45, 7) is 2.22. The zero-order chi connectivity index (χ0) is 23.4. The molecule has 162 valence electrons. The van der Waals surface area contributed by atoms with Gasteiger partial charge in [-0.3, -0.25) is 9.59 Å². The van der Waals surface area contributed by atoms with E-state index in [2.05, 4.69) is 15.6 Å². The lowest BCUT2D eigenvalue weighted by molar-refractivity contribution is -0.117. The number of carbonyl (C=O) groups is 2. The number of aryl methyl sites for hydroxylation is 1. The van der Waals surface area contributed by atoms with E-state index in [1.54, 1.807) is 30.3 Å². The monoisotopic (exact) mass is 438 g/mol. The van der Waals surface area contributed by atoms with Crippen molar-refractivity contribution in [3.63, 3.8) is 0 Å². The van der Waals surface area contributed by atoms with Gasteiger partial charge in [0.2, 0.25) is 0 Å². The molecule has 2 amide bonds. The highest BCUT2D eigenvalue weighted by atomic mass is 19.1. The van der Waals surface area contributed by atoms with Crippen molar-refractivity contribution < 1.29 is 14.0 Å². The minimum Gasteiger partial charge on any atom is -0.347 e. The Morgan fingerprint density at radius 3 is 2.33 bits per heavy atom. The van der Waals surface area contributed by atoms with Crippen molar-refractivity contribution >= 4 is 23.3 Å². The predicted octanol–water partition coefficient (Wildman–Crippen LogP) is 3.88. The molecule has 0 saturated carbocycles. The average molecular weight is 438 g/mol.